The van der Waals surface area contributed by atoms with Gasteiger partial charge in [-0.15, -0.1) is 11.3 Å². The maximum atomic E-state index is 13.0. The number of carbonyl (C=O) groups excluding carboxylic acids is 2. The fourth-order valence-corrected chi connectivity index (χ4v) is 5.58. The third-order valence-electron chi connectivity index (χ3n) is 6.65. The molecule has 4 heterocycles. The zero-order valence-electron chi connectivity index (χ0n) is 20.9. The number of carbonyl (C=O) groups is 2. The van der Waals surface area contributed by atoms with Gasteiger partial charge in [0.1, 0.15) is 5.69 Å². The lowest BCUT2D eigenvalue weighted by molar-refractivity contribution is -0.119. The number of anilines is 2. The van der Waals surface area contributed by atoms with Gasteiger partial charge >= 0.3 is 0 Å². The van der Waals surface area contributed by atoms with Crippen LogP contribution in [0, 0.1) is 0 Å². The van der Waals surface area contributed by atoms with Crippen molar-refractivity contribution in [2.45, 2.75) is 45.3 Å². The molecule has 1 aliphatic heterocycles. The topological polar surface area (TPSA) is 92.2 Å². The molecular formula is C28H30N6O2S. The van der Waals surface area contributed by atoms with E-state index < -0.39 is 0 Å². The highest BCUT2D eigenvalue weighted by Crippen LogP contribution is 2.37. The van der Waals surface area contributed by atoms with Crippen LogP contribution in [0.25, 0.3) is 0 Å². The summed E-state index contributed by atoms with van der Waals surface area (Å²) in [6.07, 6.45) is 7.50. The van der Waals surface area contributed by atoms with Gasteiger partial charge in [0.15, 0.2) is 5.13 Å². The lowest BCUT2D eigenvalue weighted by Crippen LogP contribution is -2.24. The maximum Gasteiger partial charge on any atom is 0.274 e. The molecule has 37 heavy (non-hydrogen) atoms. The molecule has 1 fully saturated rings. The fraction of sp³-hybridized carbons (Fsp3) is 0.286. The van der Waals surface area contributed by atoms with Crippen LogP contribution in [0.4, 0.5) is 10.8 Å². The van der Waals surface area contributed by atoms with E-state index in [1.54, 1.807) is 12.4 Å². The first-order valence-corrected chi connectivity index (χ1v) is 13.3. The van der Waals surface area contributed by atoms with Gasteiger partial charge in [0.25, 0.3) is 5.91 Å². The maximum absolute atomic E-state index is 13.0. The highest BCUT2D eigenvalue weighted by atomic mass is 32.1. The van der Waals surface area contributed by atoms with Gasteiger partial charge in [0, 0.05) is 49.7 Å². The van der Waals surface area contributed by atoms with Crippen LogP contribution in [0.15, 0.2) is 72.5 Å². The van der Waals surface area contributed by atoms with E-state index in [-0.39, 0.29) is 23.9 Å². The highest BCUT2D eigenvalue weighted by Gasteiger charge is 2.28. The SMILES string of the molecule is CC(=O)N[C@H](C)c1ccc(N2CCC[C@@H]2c2csc(NC(=O)c3cccn3Cc3ccncc3)n2)cc1. The summed E-state index contributed by atoms with van der Waals surface area (Å²) in [5.41, 5.74) is 4.84. The quantitative estimate of drug-likeness (QED) is 0.338. The first kappa shape index (κ1) is 24.7. The second kappa shape index (κ2) is 11.0. The van der Waals surface area contributed by atoms with Gasteiger partial charge in [-0.25, -0.2) is 4.98 Å². The number of amides is 2. The second-order valence-electron chi connectivity index (χ2n) is 9.27. The smallest absolute Gasteiger partial charge is 0.274 e. The summed E-state index contributed by atoms with van der Waals surface area (Å²) in [4.78, 5) is 35.6. The van der Waals surface area contributed by atoms with Gasteiger partial charge in [-0.2, -0.15) is 0 Å². The number of nitrogens with zero attached hydrogens (tertiary/aromatic N) is 4. The number of hydrogen-bond donors (Lipinski definition) is 2. The molecular weight excluding hydrogens is 484 g/mol. The summed E-state index contributed by atoms with van der Waals surface area (Å²) in [7, 11) is 0. The number of thiazole rings is 1. The van der Waals surface area contributed by atoms with Crippen molar-refractivity contribution >= 4 is 34.0 Å². The lowest BCUT2D eigenvalue weighted by atomic mass is 10.1. The minimum Gasteiger partial charge on any atom is -0.363 e. The van der Waals surface area contributed by atoms with Crippen molar-refractivity contribution in [1.82, 2.24) is 19.9 Å². The minimum atomic E-state index is -0.174. The van der Waals surface area contributed by atoms with Crippen molar-refractivity contribution < 1.29 is 9.59 Å². The Bertz CT molecular complexity index is 1360. The van der Waals surface area contributed by atoms with E-state index in [2.05, 4.69) is 44.8 Å². The molecule has 0 spiro atoms. The Kier molecular flexibility index (Phi) is 7.32. The van der Waals surface area contributed by atoms with Crippen LogP contribution in [0.2, 0.25) is 0 Å². The van der Waals surface area contributed by atoms with E-state index in [1.165, 1.54) is 18.3 Å². The van der Waals surface area contributed by atoms with Crippen LogP contribution >= 0.6 is 11.3 Å². The van der Waals surface area contributed by atoms with Gasteiger partial charge in [0.2, 0.25) is 5.91 Å². The van der Waals surface area contributed by atoms with E-state index in [1.807, 2.05) is 47.3 Å². The Labute approximate surface area is 220 Å². The molecule has 0 aliphatic carbocycles. The second-order valence-corrected chi connectivity index (χ2v) is 10.1. The van der Waals surface area contributed by atoms with Crippen molar-refractivity contribution in [3.05, 3.63) is 95.0 Å². The lowest BCUT2D eigenvalue weighted by Gasteiger charge is -2.26. The van der Waals surface area contributed by atoms with E-state index >= 15 is 0 Å². The Hall–Kier alpha value is -3.98. The molecule has 4 aromatic rings. The molecule has 1 aromatic carbocycles. The van der Waals surface area contributed by atoms with Crippen molar-refractivity contribution in [2.24, 2.45) is 0 Å². The number of aromatic nitrogens is 3. The number of nitrogens with one attached hydrogen (secondary N) is 2. The molecule has 2 atom stereocenters. The monoisotopic (exact) mass is 514 g/mol. The Morgan fingerprint density at radius 1 is 1.14 bits per heavy atom. The average molecular weight is 515 g/mol. The molecule has 0 bridgehead atoms. The molecule has 1 saturated heterocycles. The molecule has 8 nitrogen and oxygen atoms in total. The standard InChI is InChI=1S/C28H30N6O2S/c1-19(30-20(2)35)22-7-9-23(10-8-22)34-16-4-5-25(34)24-18-37-28(31-24)32-27(36)26-6-3-15-33(26)17-21-11-13-29-14-12-21/h3,6-15,18-19,25H,4-5,16-17H2,1-2H3,(H,30,35)(H,31,32,36)/t19-,25-/m1/s1. The van der Waals surface area contributed by atoms with Crippen LogP contribution in [0.5, 0.6) is 0 Å². The summed E-state index contributed by atoms with van der Waals surface area (Å²) in [5, 5.41) is 8.56. The highest BCUT2D eigenvalue weighted by molar-refractivity contribution is 7.14. The summed E-state index contributed by atoms with van der Waals surface area (Å²) in [6.45, 7) is 5.06. The Balaban J connectivity index is 1.26. The van der Waals surface area contributed by atoms with Crippen molar-refractivity contribution in [3.63, 3.8) is 0 Å². The number of rotatable bonds is 8. The summed E-state index contributed by atoms with van der Waals surface area (Å²) in [6, 6.07) is 16.1. The molecule has 190 valence electrons. The van der Waals surface area contributed by atoms with E-state index in [0.717, 1.165) is 41.9 Å². The zero-order chi connectivity index (χ0) is 25.8. The summed E-state index contributed by atoms with van der Waals surface area (Å²) in [5.74, 6) is -0.211. The largest absolute Gasteiger partial charge is 0.363 e. The van der Waals surface area contributed by atoms with Crippen molar-refractivity contribution in [3.8, 4) is 0 Å². The van der Waals surface area contributed by atoms with E-state index in [4.69, 9.17) is 4.98 Å². The molecule has 1 aliphatic rings. The van der Waals surface area contributed by atoms with Gasteiger partial charge in [-0.3, -0.25) is 19.9 Å². The van der Waals surface area contributed by atoms with Gasteiger partial charge < -0.3 is 14.8 Å². The number of benzene rings is 1. The van der Waals surface area contributed by atoms with Crippen LogP contribution < -0.4 is 15.5 Å². The van der Waals surface area contributed by atoms with Gasteiger partial charge in [-0.05, 0) is 67.3 Å². The first-order valence-electron chi connectivity index (χ1n) is 12.4. The third-order valence-corrected chi connectivity index (χ3v) is 7.42. The van der Waals surface area contributed by atoms with Crippen LogP contribution in [0.1, 0.15) is 66.1 Å². The Morgan fingerprint density at radius 3 is 2.68 bits per heavy atom. The van der Waals surface area contributed by atoms with Crippen LogP contribution in [-0.4, -0.2) is 32.9 Å². The zero-order valence-corrected chi connectivity index (χ0v) is 21.7. The number of hydrogen-bond acceptors (Lipinski definition) is 6. The predicted molar refractivity (Wildman–Crippen MR) is 146 cm³/mol. The molecule has 0 unspecified atom stereocenters. The van der Waals surface area contributed by atoms with Gasteiger partial charge in [0.05, 0.1) is 17.8 Å². The minimum absolute atomic E-state index is 0.0311. The fourth-order valence-electron chi connectivity index (χ4n) is 4.83. The Morgan fingerprint density at radius 2 is 1.92 bits per heavy atom. The van der Waals surface area contributed by atoms with Crippen molar-refractivity contribution in [1.29, 1.82) is 0 Å². The molecule has 3 aromatic heterocycles. The molecule has 0 radical (unpaired) electrons. The number of pyridine rings is 1. The average Bonchev–Trinajstić information content (AvgIpc) is 3.65. The molecule has 9 heteroatoms. The van der Waals surface area contributed by atoms with Crippen molar-refractivity contribution in [2.75, 3.05) is 16.8 Å². The molecule has 5 rings (SSSR count). The molecule has 0 saturated carbocycles. The van der Waals surface area contributed by atoms with Crippen LogP contribution in [0.3, 0.4) is 0 Å². The predicted octanol–water partition coefficient (Wildman–Crippen LogP) is 5.18. The third kappa shape index (κ3) is 5.72. The van der Waals surface area contributed by atoms with E-state index in [0.29, 0.717) is 17.4 Å². The van der Waals surface area contributed by atoms with Gasteiger partial charge in [-0.1, -0.05) is 12.1 Å². The van der Waals surface area contributed by atoms with Crippen LogP contribution in [-0.2, 0) is 11.3 Å². The molecule has 2 amide bonds. The van der Waals surface area contributed by atoms with E-state index in [9.17, 15) is 9.59 Å². The summed E-state index contributed by atoms with van der Waals surface area (Å²) < 4.78 is 1.92. The first-order chi connectivity index (χ1) is 18.0. The summed E-state index contributed by atoms with van der Waals surface area (Å²) >= 11 is 1.45. The normalized spacial score (nSPS) is 15.9. The molecule has 2 N–H and O–H groups in total.